The van der Waals surface area contributed by atoms with Gasteiger partial charge < -0.3 is 14.3 Å². The van der Waals surface area contributed by atoms with E-state index in [1.54, 1.807) is 13.0 Å². The minimum Gasteiger partial charge on any atom is -0.508 e. The summed E-state index contributed by atoms with van der Waals surface area (Å²) in [6.45, 7) is 3.84. The second-order valence-electron chi connectivity index (χ2n) is 4.42. The van der Waals surface area contributed by atoms with E-state index < -0.39 is 5.97 Å². The Hall–Kier alpha value is -2.30. The molecule has 0 amide bonds. The van der Waals surface area contributed by atoms with Gasteiger partial charge in [-0.25, -0.2) is 4.79 Å². The van der Waals surface area contributed by atoms with E-state index >= 15 is 0 Å². The van der Waals surface area contributed by atoms with Crippen molar-refractivity contribution >= 4 is 16.9 Å². The number of phenolic OH excluding ortho intramolecular Hbond substituents is 1. The number of aromatic hydroxyl groups is 1. The highest BCUT2D eigenvalue weighted by atomic mass is 16.5. The van der Waals surface area contributed by atoms with Gasteiger partial charge in [0.25, 0.3) is 0 Å². The standard InChI is InChI=1S/C15H16O5/c1-3-5-9-6-10-12(17)8-14(15(18)19-4-2)20-13(10)7-11(9)16/h6-8,16H,3-5H2,1-2H3. The third kappa shape index (κ3) is 2.66. The van der Waals surface area contributed by atoms with E-state index in [-0.39, 0.29) is 29.1 Å². The Morgan fingerprint density at radius 2 is 2.05 bits per heavy atom. The lowest BCUT2D eigenvalue weighted by Gasteiger charge is -2.06. The molecule has 0 atom stereocenters. The van der Waals surface area contributed by atoms with E-state index in [1.807, 2.05) is 6.92 Å². The van der Waals surface area contributed by atoms with Crippen molar-refractivity contribution in [3.05, 3.63) is 39.7 Å². The van der Waals surface area contributed by atoms with Crippen LogP contribution in [0, 0.1) is 0 Å². The molecule has 2 aromatic rings. The first-order chi connectivity index (χ1) is 9.56. The van der Waals surface area contributed by atoms with Crippen LogP contribution in [0.15, 0.2) is 27.4 Å². The highest BCUT2D eigenvalue weighted by molar-refractivity contribution is 5.89. The zero-order valence-electron chi connectivity index (χ0n) is 11.4. The summed E-state index contributed by atoms with van der Waals surface area (Å²) in [4.78, 5) is 23.6. The summed E-state index contributed by atoms with van der Waals surface area (Å²) < 4.78 is 10.1. The quantitative estimate of drug-likeness (QED) is 0.869. The lowest BCUT2D eigenvalue weighted by atomic mass is 10.1. The summed E-state index contributed by atoms with van der Waals surface area (Å²) >= 11 is 0. The maximum absolute atomic E-state index is 12.0. The zero-order chi connectivity index (χ0) is 14.7. The van der Waals surface area contributed by atoms with Crippen LogP contribution in [0.4, 0.5) is 0 Å². The average molecular weight is 276 g/mol. The number of benzene rings is 1. The third-order valence-corrected chi connectivity index (χ3v) is 2.92. The molecule has 1 heterocycles. The Bertz CT molecular complexity index is 699. The zero-order valence-corrected chi connectivity index (χ0v) is 11.4. The number of hydrogen-bond acceptors (Lipinski definition) is 5. The molecule has 0 unspecified atom stereocenters. The summed E-state index contributed by atoms with van der Waals surface area (Å²) in [7, 11) is 0. The minimum absolute atomic E-state index is 0.0588. The molecule has 106 valence electrons. The number of phenols is 1. The highest BCUT2D eigenvalue weighted by Gasteiger charge is 2.15. The second kappa shape index (κ2) is 5.77. The smallest absolute Gasteiger partial charge is 0.374 e. The van der Waals surface area contributed by atoms with Gasteiger partial charge in [0.05, 0.1) is 12.0 Å². The summed E-state index contributed by atoms with van der Waals surface area (Å²) in [6.07, 6.45) is 1.52. The van der Waals surface area contributed by atoms with Gasteiger partial charge in [0.1, 0.15) is 11.3 Å². The van der Waals surface area contributed by atoms with E-state index in [9.17, 15) is 14.7 Å². The van der Waals surface area contributed by atoms with Crippen LogP contribution in [-0.2, 0) is 11.2 Å². The Morgan fingerprint density at radius 3 is 2.70 bits per heavy atom. The molecule has 0 fully saturated rings. The van der Waals surface area contributed by atoms with E-state index in [2.05, 4.69) is 0 Å². The van der Waals surface area contributed by atoms with E-state index in [0.717, 1.165) is 12.5 Å². The molecule has 0 aliphatic heterocycles. The maximum atomic E-state index is 12.0. The van der Waals surface area contributed by atoms with Gasteiger partial charge in [-0.2, -0.15) is 0 Å². The highest BCUT2D eigenvalue weighted by Crippen LogP contribution is 2.25. The number of rotatable bonds is 4. The van der Waals surface area contributed by atoms with Crippen molar-refractivity contribution in [2.24, 2.45) is 0 Å². The lowest BCUT2D eigenvalue weighted by molar-refractivity contribution is 0.0490. The molecule has 5 heteroatoms. The van der Waals surface area contributed by atoms with E-state index in [1.165, 1.54) is 6.07 Å². The summed E-state index contributed by atoms with van der Waals surface area (Å²) in [5.74, 6) is -0.792. The molecule has 0 aliphatic carbocycles. The van der Waals surface area contributed by atoms with Gasteiger partial charge in [-0.15, -0.1) is 0 Å². The van der Waals surface area contributed by atoms with Crippen LogP contribution in [0.5, 0.6) is 5.75 Å². The second-order valence-corrected chi connectivity index (χ2v) is 4.42. The topological polar surface area (TPSA) is 76.7 Å². The first kappa shape index (κ1) is 14.1. The van der Waals surface area contributed by atoms with Gasteiger partial charge in [0.15, 0.2) is 5.43 Å². The van der Waals surface area contributed by atoms with Crippen molar-refractivity contribution in [1.82, 2.24) is 0 Å². The van der Waals surface area contributed by atoms with Gasteiger partial charge in [0.2, 0.25) is 5.76 Å². The van der Waals surface area contributed by atoms with Crippen molar-refractivity contribution in [2.45, 2.75) is 26.7 Å². The number of aryl methyl sites for hydroxylation is 1. The van der Waals surface area contributed by atoms with Gasteiger partial charge >= 0.3 is 5.97 Å². The van der Waals surface area contributed by atoms with Crippen molar-refractivity contribution < 1.29 is 19.1 Å². The molecule has 0 aliphatic rings. The molecule has 0 saturated heterocycles. The molecule has 0 bridgehead atoms. The molecule has 0 spiro atoms. The molecule has 5 nitrogen and oxygen atoms in total. The summed E-state index contributed by atoms with van der Waals surface area (Å²) in [6, 6.07) is 4.09. The van der Waals surface area contributed by atoms with E-state index in [4.69, 9.17) is 9.15 Å². The summed E-state index contributed by atoms with van der Waals surface area (Å²) in [5.41, 5.74) is 0.542. The van der Waals surface area contributed by atoms with Crippen LogP contribution >= 0.6 is 0 Å². The van der Waals surface area contributed by atoms with Crippen LogP contribution in [-0.4, -0.2) is 17.7 Å². The van der Waals surface area contributed by atoms with Gasteiger partial charge in [-0.05, 0) is 25.0 Å². The SMILES string of the molecule is CCCc1cc2c(=O)cc(C(=O)OCC)oc2cc1O. The van der Waals surface area contributed by atoms with Crippen molar-refractivity contribution in [2.75, 3.05) is 6.61 Å². The number of carbonyl (C=O) groups is 1. The Kier molecular flexibility index (Phi) is 4.08. The number of ether oxygens (including phenoxy) is 1. The first-order valence-corrected chi connectivity index (χ1v) is 6.53. The normalized spacial score (nSPS) is 10.7. The van der Waals surface area contributed by atoms with Gasteiger partial charge in [-0.1, -0.05) is 13.3 Å². The molecule has 0 radical (unpaired) electrons. The van der Waals surface area contributed by atoms with Crippen molar-refractivity contribution in [3.8, 4) is 5.75 Å². The molecule has 1 aromatic carbocycles. The summed E-state index contributed by atoms with van der Waals surface area (Å²) in [5, 5.41) is 10.2. The average Bonchev–Trinajstić information content (AvgIpc) is 2.40. The fourth-order valence-corrected chi connectivity index (χ4v) is 2.01. The monoisotopic (exact) mass is 276 g/mol. The van der Waals surface area contributed by atoms with Crippen LogP contribution in [0.2, 0.25) is 0 Å². The molecule has 20 heavy (non-hydrogen) atoms. The van der Waals surface area contributed by atoms with Gasteiger partial charge in [-0.3, -0.25) is 4.79 Å². The predicted octanol–water partition coefficient (Wildman–Crippen LogP) is 2.63. The minimum atomic E-state index is -0.691. The molecular formula is C15H16O5. The Labute approximate surface area is 115 Å². The Balaban J connectivity index is 2.58. The third-order valence-electron chi connectivity index (χ3n) is 2.92. The fraction of sp³-hybridized carbons (Fsp3) is 0.333. The van der Waals surface area contributed by atoms with Crippen LogP contribution in [0.3, 0.4) is 0 Å². The molecule has 0 saturated carbocycles. The maximum Gasteiger partial charge on any atom is 0.374 e. The molecule has 2 rings (SSSR count). The number of fused-ring (bicyclic) bond motifs is 1. The number of carbonyl (C=O) groups excluding carboxylic acids is 1. The van der Waals surface area contributed by atoms with Crippen LogP contribution in [0.25, 0.3) is 11.0 Å². The number of esters is 1. The molecular weight excluding hydrogens is 260 g/mol. The van der Waals surface area contributed by atoms with Crippen molar-refractivity contribution in [1.29, 1.82) is 0 Å². The Morgan fingerprint density at radius 1 is 1.30 bits per heavy atom. The van der Waals surface area contributed by atoms with Gasteiger partial charge in [0, 0.05) is 12.1 Å². The van der Waals surface area contributed by atoms with Crippen molar-refractivity contribution in [3.63, 3.8) is 0 Å². The molecule has 1 aromatic heterocycles. The lowest BCUT2D eigenvalue weighted by Crippen LogP contribution is -2.10. The molecule has 1 N–H and O–H groups in total. The van der Waals surface area contributed by atoms with E-state index in [0.29, 0.717) is 17.4 Å². The predicted molar refractivity (Wildman–Crippen MR) is 74.1 cm³/mol. The number of hydrogen-bond donors (Lipinski definition) is 1. The first-order valence-electron chi connectivity index (χ1n) is 6.53. The van der Waals surface area contributed by atoms with Crippen LogP contribution < -0.4 is 5.43 Å². The van der Waals surface area contributed by atoms with Crippen LogP contribution in [0.1, 0.15) is 36.4 Å². The fourth-order valence-electron chi connectivity index (χ4n) is 2.01. The largest absolute Gasteiger partial charge is 0.508 e.